The number of halogens is 1. The highest BCUT2D eigenvalue weighted by Gasteiger charge is 2.11. The number of rotatable bonds is 9. The van der Waals surface area contributed by atoms with Gasteiger partial charge in [0.05, 0.1) is 0 Å². The van der Waals surface area contributed by atoms with Gasteiger partial charge in [0, 0.05) is 43.2 Å². The summed E-state index contributed by atoms with van der Waals surface area (Å²) in [7, 11) is 0. The molecule has 0 bridgehead atoms. The van der Waals surface area contributed by atoms with Crippen LogP contribution in [0.3, 0.4) is 0 Å². The van der Waals surface area contributed by atoms with Crippen LogP contribution in [0.2, 0.25) is 5.02 Å². The summed E-state index contributed by atoms with van der Waals surface area (Å²) >= 11 is 5.91. The first kappa shape index (κ1) is 18.6. The van der Waals surface area contributed by atoms with Crippen molar-refractivity contribution in [1.82, 2.24) is 15.0 Å². The highest BCUT2D eigenvalue weighted by Crippen LogP contribution is 2.18. The molecule has 2 aromatic carbocycles. The lowest BCUT2D eigenvalue weighted by Gasteiger charge is -2.20. The molecule has 0 unspecified atom stereocenters. The zero-order valence-electron chi connectivity index (χ0n) is 14.6. The molecular formula is C20H23ClN4O. The highest BCUT2D eigenvalue weighted by molar-refractivity contribution is 6.30. The predicted molar refractivity (Wildman–Crippen MR) is 104 cm³/mol. The molecule has 2 N–H and O–H groups in total. The lowest BCUT2D eigenvalue weighted by molar-refractivity contribution is 0.272. The second kappa shape index (κ2) is 9.48. The summed E-state index contributed by atoms with van der Waals surface area (Å²) in [6.45, 7) is 3.28. The van der Waals surface area contributed by atoms with Gasteiger partial charge < -0.3 is 15.2 Å². The van der Waals surface area contributed by atoms with Crippen molar-refractivity contribution in [1.29, 1.82) is 0 Å². The summed E-state index contributed by atoms with van der Waals surface area (Å²) in [6.07, 6.45) is 1.70. The van der Waals surface area contributed by atoms with Gasteiger partial charge in [-0.25, -0.2) is 0 Å². The summed E-state index contributed by atoms with van der Waals surface area (Å²) in [4.78, 5) is 6.81. The first-order valence-corrected chi connectivity index (χ1v) is 9.17. The number of hydrogen-bond acceptors (Lipinski definition) is 5. The van der Waals surface area contributed by atoms with E-state index >= 15 is 0 Å². The zero-order chi connectivity index (χ0) is 18.2. The summed E-state index contributed by atoms with van der Waals surface area (Å²) in [5.74, 6) is 1.23. The number of benzene rings is 2. The van der Waals surface area contributed by atoms with Gasteiger partial charge in [-0.1, -0.05) is 47.1 Å². The lowest BCUT2D eigenvalue weighted by atomic mass is 10.1. The van der Waals surface area contributed by atoms with Crippen LogP contribution in [0.25, 0.3) is 11.4 Å². The van der Waals surface area contributed by atoms with E-state index in [1.807, 2.05) is 30.3 Å². The Bertz CT molecular complexity index is 789. The Balaban J connectivity index is 1.54. The SMILES string of the molecule is NCCN(CCc1ccccc1)CCc1nc(-c2ccc(Cl)cc2)no1. The zero-order valence-corrected chi connectivity index (χ0v) is 15.4. The van der Waals surface area contributed by atoms with E-state index in [-0.39, 0.29) is 0 Å². The molecule has 6 heteroatoms. The van der Waals surface area contributed by atoms with Gasteiger partial charge in [0.25, 0.3) is 0 Å². The smallest absolute Gasteiger partial charge is 0.228 e. The van der Waals surface area contributed by atoms with Crippen LogP contribution in [0.1, 0.15) is 11.5 Å². The first-order valence-electron chi connectivity index (χ1n) is 8.79. The second-order valence-electron chi connectivity index (χ2n) is 6.13. The highest BCUT2D eigenvalue weighted by atomic mass is 35.5. The fourth-order valence-corrected chi connectivity index (χ4v) is 2.90. The van der Waals surface area contributed by atoms with Gasteiger partial charge in [0.2, 0.25) is 11.7 Å². The number of aromatic nitrogens is 2. The molecule has 0 radical (unpaired) electrons. The monoisotopic (exact) mass is 370 g/mol. The van der Waals surface area contributed by atoms with Crippen LogP contribution in [0.5, 0.6) is 0 Å². The van der Waals surface area contributed by atoms with Crippen molar-refractivity contribution in [3.63, 3.8) is 0 Å². The summed E-state index contributed by atoms with van der Waals surface area (Å²) in [6, 6.07) is 17.9. The summed E-state index contributed by atoms with van der Waals surface area (Å²) < 4.78 is 5.39. The first-order chi connectivity index (χ1) is 12.7. The minimum Gasteiger partial charge on any atom is -0.339 e. The van der Waals surface area contributed by atoms with Crippen molar-refractivity contribution in [2.45, 2.75) is 12.8 Å². The van der Waals surface area contributed by atoms with Gasteiger partial charge in [-0.2, -0.15) is 4.98 Å². The number of hydrogen-bond donors (Lipinski definition) is 1. The van der Waals surface area contributed by atoms with E-state index in [0.29, 0.717) is 29.7 Å². The van der Waals surface area contributed by atoms with Gasteiger partial charge in [0.15, 0.2) is 0 Å². The van der Waals surface area contributed by atoms with Crippen LogP contribution in [-0.2, 0) is 12.8 Å². The molecule has 1 heterocycles. The van der Waals surface area contributed by atoms with E-state index in [2.05, 4.69) is 39.3 Å². The van der Waals surface area contributed by atoms with E-state index < -0.39 is 0 Å². The Kier molecular flexibility index (Phi) is 6.77. The molecule has 0 amide bonds. The molecule has 3 aromatic rings. The fourth-order valence-electron chi connectivity index (χ4n) is 2.78. The Morgan fingerprint density at radius 2 is 1.65 bits per heavy atom. The largest absolute Gasteiger partial charge is 0.339 e. The Morgan fingerprint density at radius 1 is 0.923 bits per heavy atom. The molecule has 0 aliphatic heterocycles. The third kappa shape index (κ3) is 5.39. The molecule has 0 atom stereocenters. The standard InChI is InChI=1S/C20H23ClN4O/c21-18-8-6-17(7-9-18)20-23-19(26-24-20)11-14-25(15-12-22)13-10-16-4-2-1-3-5-16/h1-9H,10-15,22H2. The molecule has 0 saturated heterocycles. The van der Waals surface area contributed by atoms with E-state index in [1.165, 1.54) is 5.56 Å². The average Bonchev–Trinajstić information content (AvgIpc) is 3.14. The molecule has 0 fully saturated rings. The maximum Gasteiger partial charge on any atom is 0.228 e. The Hall–Kier alpha value is -2.21. The van der Waals surface area contributed by atoms with E-state index in [4.69, 9.17) is 21.9 Å². The van der Waals surface area contributed by atoms with Crippen molar-refractivity contribution >= 4 is 11.6 Å². The molecule has 0 spiro atoms. The van der Waals surface area contributed by atoms with Crippen molar-refractivity contribution in [3.8, 4) is 11.4 Å². The van der Waals surface area contributed by atoms with E-state index in [1.54, 1.807) is 0 Å². The molecular weight excluding hydrogens is 348 g/mol. The van der Waals surface area contributed by atoms with Crippen molar-refractivity contribution < 1.29 is 4.52 Å². The molecule has 3 rings (SSSR count). The molecule has 0 aliphatic rings. The molecule has 0 saturated carbocycles. The predicted octanol–water partition coefficient (Wildman–Crippen LogP) is 3.44. The van der Waals surface area contributed by atoms with Gasteiger partial charge in [0.1, 0.15) is 0 Å². The minimum absolute atomic E-state index is 0.589. The Morgan fingerprint density at radius 3 is 2.38 bits per heavy atom. The number of nitrogens with zero attached hydrogens (tertiary/aromatic N) is 3. The van der Waals surface area contributed by atoms with Crippen LogP contribution < -0.4 is 5.73 Å². The quantitative estimate of drug-likeness (QED) is 0.625. The van der Waals surface area contributed by atoms with Crippen LogP contribution in [0.4, 0.5) is 0 Å². The van der Waals surface area contributed by atoms with Crippen LogP contribution in [-0.4, -0.2) is 41.2 Å². The maximum atomic E-state index is 5.91. The second-order valence-corrected chi connectivity index (χ2v) is 6.57. The topological polar surface area (TPSA) is 68.2 Å². The Labute approximate surface area is 158 Å². The summed E-state index contributed by atoms with van der Waals surface area (Å²) in [5, 5.41) is 4.75. The molecule has 5 nitrogen and oxygen atoms in total. The lowest BCUT2D eigenvalue weighted by Crippen LogP contribution is -2.33. The van der Waals surface area contributed by atoms with Crippen molar-refractivity contribution in [2.75, 3.05) is 26.2 Å². The van der Waals surface area contributed by atoms with Crippen molar-refractivity contribution in [2.24, 2.45) is 5.73 Å². The van der Waals surface area contributed by atoms with E-state index in [0.717, 1.165) is 31.6 Å². The maximum absolute atomic E-state index is 5.91. The summed E-state index contributed by atoms with van der Waals surface area (Å²) in [5.41, 5.74) is 7.98. The number of nitrogens with two attached hydrogens (primary N) is 1. The molecule has 0 aliphatic carbocycles. The van der Waals surface area contributed by atoms with Crippen LogP contribution in [0, 0.1) is 0 Å². The van der Waals surface area contributed by atoms with Crippen LogP contribution >= 0.6 is 11.6 Å². The van der Waals surface area contributed by atoms with Gasteiger partial charge in [-0.3, -0.25) is 0 Å². The molecule has 136 valence electrons. The fraction of sp³-hybridized carbons (Fsp3) is 0.300. The van der Waals surface area contributed by atoms with Gasteiger partial charge in [-0.15, -0.1) is 0 Å². The van der Waals surface area contributed by atoms with Gasteiger partial charge in [-0.05, 0) is 36.2 Å². The van der Waals surface area contributed by atoms with Crippen LogP contribution in [0.15, 0.2) is 59.1 Å². The van der Waals surface area contributed by atoms with Crippen molar-refractivity contribution in [3.05, 3.63) is 71.1 Å². The molecule has 1 aromatic heterocycles. The normalized spacial score (nSPS) is 11.2. The third-order valence-electron chi connectivity index (χ3n) is 4.22. The third-order valence-corrected chi connectivity index (χ3v) is 4.47. The minimum atomic E-state index is 0.589. The van der Waals surface area contributed by atoms with Gasteiger partial charge >= 0.3 is 0 Å². The average molecular weight is 371 g/mol. The van der Waals surface area contributed by atoms with E-state index in [9.17, 15) is 0 Å². The molecule has 26 heavy (non-hydrogen) atoms.